The third kappa shape index (κ3) is 5.57. The molecule has 1 rings (SSSR count). The van der Waals surface area contributed by atoms with Crippen LogP contribution in [0.3, 0.4) is 0 Å². The molecule has 0 radical (unpaired) electrons. The Morgan fingerprint density at radius 1 is 1.50 bits per heavy atom. The van der Waals surface area contributed by atoms with Crippen LogP contribution in [0, 0.1) is 5.92 Å². The largest absolute Gasteiger partial charge is 0.481 e. The fourth-order valence-electron chi connectivity index (χ4n) is 2.15. The van der Waals surface area contributed by atoms with E-state index in [-0.39, 0.29) is 5.91 Å². The quantitative estimate of drug-likeness (QED) is 0.723. The van der Waals surface area contributed by atoms with Gasteiger partial charge in [0.2, 0.25) is 11.8 Å². The molecule has 0 aliphatic carbocycles. The molecule has 0 bridgehead atoms. The first-order chi connectivity index (χ1) is 9.71. The molecule has 1 aromatic rings. The lowest BCUT2D eigenvalue weighted by molar-refractivity contribution is -0.121. The second kappa shape index (κ2) is 9.31. The molecule has 0 fully saturated rings. The number of methoxy groups -OCH3 is 1. The van der Waals surface area contributed by atoms with Gasteiger partial charge in [0.15, 0.2) is 0 Å². The molecule has 1 unspecified atom stereocenters. The van der Waals surface area contributed by atoms with Gasteiger partial charge >= 0.3 is 0 Å². The van der Waals surface area contributed by atoms with E-state index in [4.69, 9.17) is 10.5 Å². The van der Waals surface area contributed by atoms with E-state index in [1.165, 1.54) is 0 Å². The van der Waals surface area contributed by atoms with Gasteiger partial charge in [0.05, 0.1) is 7.11 Å². The van der Waals surface area contributed by atoms with Gasteiger partial charge in [-0.1, -0.05) is 19.4 Å². The highest BCUT2D eigenvalue weighted by Gasteiger charge is 2.10. The van der Waals surface area contributed by atoms with Gasteiger partial charge < -0.3 is 15.8 Å². The molecule has 0 saturated carbocycles. The van der Waals surface area contributed by atoms with Crippen molar-refractivity contribution in [3.8, 4) is 5.88 Å². The molecule has 0 aliphatic heterocycles. The normalized spacial score (nSPS) is 11.9. The zero-order valence-electron chi connectivity index (χ0n) is 12.4. The average molecular weight is 279 g/mol. The molecular formula is C15H25N3O2. The number of ether oxygens (including phenoxy) is 1. The van der Waals surface area contributed by atoms with E-state index in [1.807, 2.05) is 12.1 Å². The van der Waals surface area contributed by atoms with Crippen LogP contribution in [-0.4, -0.2) is 24.5 Å². The molecule has 112 valence electrons. The highest BCUT2D eigenvalue weighted by molar-refractivity contribution is 5.75. The van der Waals surface area contributed by atoms with Gasteiger partial charge in [-0.2, -0.15) is 0 Å². The molecule has 1 heterocycles. The van der Waals surface area contributed by atoms with Gasteiger partial charge in [-0.3, -0.25) is 4.79 Å². The fraction of sp³-hybridized carbons (Fsp3) is 0.600. The summed E-state index contributed by atoms with van der Waals surface area (Å²) in [5, 5.41) is 2.91. The first kappa shape index (κ1) is 16.4. The molecule has 0 saturated heterocycles. The zero-order valence-corrected chi connectivity index (χ0v) is 12.4. The first-order valence-electron chi connectivity index (χ1n) is 7.15. The number of hydrogen-bond acceptors (Lipinski definition) is 4. The molecule has 1 amide bonds. The highest BCUT2D eigenvalue weighted by atomic mass is 16.5. The third-order valence-corrected chi connectivity index (χ3v) is 3.45. The standard InChI is InChI=1S/C15H25N3O2/c1-3-12(8-9-16)6-7-14(19)18-11-13-5-4-10-17-15(13)20-2/h4-5,10,12H,3,6-9,11,16H2,1-2H3,(H,18,19). The number of nitrogens with one attached hydrogen (secondary N) is 1. The Morgan fingerprint density at radius 2 is 2.30 bits per heavy atom. The molecule has 0 aliphatic rings. The number of aromatic nitrogens is 1. The Hall–Kier alpha value is -1.62. The zero-order chi connectivity index (χ0) is 14.8. The predicted molar refractivity (Wildman–Crippen MR) is 79.3 cm³/mol. The van der Waals surface area contributed by atoms with E-state index in [1.54, 1.807) is 13.3 Å². The number of amides is 1. The van der Waals surface area contributed by atoms with Crippen LogP contribution in [0.1, 0.15) is 38.2 Å². The van der Waals surface area contributed by atoms with Gasteiger partial charge in [-0.15, -0.1) is 0 Å². The molecular weight excluding hydrogens is 254 g/mol. The summed E-state index contributed by atoms with van der Waals surface area (Å²) in [6.07, 6.45) is 5.16. The number of rotatable bonds is 9. The summed E-state index contributed by atoms with van der Waals surface area (Å²) < 4.78 is 5.15. The second-order valence-electron chi connectivity index (χ2n) is 4.84. The number of carbonyl (C=O) groups excluding carboxylic acids is 1. The van der Waals surface area contributed by atoms with E-state index in [0.29, 0.717) is 31.3 Å². The van der Waals surface area contributed by atoms with Crippen molar-refractivity contribution in [2.24, 2.45) is 11.7 Å². The van der Waals surface area contributed by atoms with Gasteiger partial charge in [-0.25, -0.2) is 4.98 Å². The SMILES string of the molecule is CCC(CCN)CCC(=O)NCc1cccnc1OC. The fourth-order valence-corrected chi connectivity index (χ4v) is 2.15. The van der Waals surface area contributed by atoms with E-state index in [0.717, 1.165) is 24.8 Å². The summed E-state index contributed by atoms with van der Waals surface area (Å²) in [6.45, 7) is 3.27. The Bertz CT molecular complexity index is 410. The summed E-state index contributed by atoms with van der Waals surface area (Å²) >= 11 is 0. The predicted octanol–water partition coefficient (Wildman–Crippen LogP) is 1.86. The number of hydrogen-bond donors (Lipinski definition) is 2. The minimum atomic E-state index is 0.0615. The van der Waals surface area contributed by atoms with E-state index >= 15 is 0 Å². The second-order valence-corrected chi connectivity index (χ2v) is 4.84. The van der Waals surface area contributed by atoms with Crippen LogP contribution in [0.5, 0.6) is 5.88 Å². The van der Waals surface area contributed by atoms with Gasteiger partial charge in [0.1, 0.15) is 0 Å². The summed E-state index contributed by atoms with van der Waals surface area (Å²) in [5.41, 5.74) is 6.44. The van der Waals surface area contributed by atoms with Crippen LogP contribution in [0.4, 0.5) is 0 Å². The van der Waals surface area contributed by atoms with Crippen LogP contribution < -0.4 is 15.8 Å². The van der Waals surface area contributed by atoms with Crippen molar-refractivity contribution in [2.75, 3.05) is 13.7 Å². The molecule has 0 spiro atoms. The van der Waals surface area contributed by atoms with Crippen molar-refractivity contribution in [1.29, 1.82) is 0 Å². The Balaban J connectivity index is 2.36. The molecule has 1 aromatic heterocycles. The maximum Gasteiger partial charge on any atom is 0.220 e. The van der Waals surface area contributed by atoms with Crippen molar-refractivity contribution in [3.63, 3.8) is 0 Å². The van der Waals surface area contributed by atoms with Gasteiger partial charge in [-0.05, 0) is 31.4 Å². The molecule has 20 heavy (non-hydrogen) atoms. The molecule has 5 nitrogen and oxygen atoms in total. The number of pyridine rings is 1. The van der Waals surface area contributed by atoms with Crippen molar-refractivity contribution >= 4 is 5.91 Å². The van der Waals surface area contributed by atoms with E-state index in [2.05, 4.69) is 17.2 Å². The topological polar surface area (TPSA) is 77.2 Å². The summed E-state index contributed by atoms with van der Waals surface area (Å²) in [6, 6.07) is 3.73. The van der Waals surface area contributed by atoms with Crippen molar-refractivity contribution in [3.05, 3.63) is 23.9 Å². The Labute approximate surface area is 120 Å². The first-order valence-corrected chi connectivity index (χ1v) is 7.15. The Kier molecular flexibility index (Phi) is 7.65. The van der Waals surface area contributed by atoms with Crippen molar-refractivity contribution in [2.45, 2.75) is 39.2 Å². The monoisotopic (exact) mass is 279 g/mol. The lowest BCUT2D eigenvalue weighted by Gasteiger charge is -2.13. The van der Waals surface area contributed by atoms with E-state index in [9.17, 15) is 4.79 Å². The van der Waals surface area contributed by atoms with Crippen molar-refractivity contribution < 1.29 is 9.53 Å². The minimum absolute atomic E-state index is 0.0615. The molecule has 1 atom stereocenters. The van der Waals surface area contributed by atoms with Crippen molar-refractivity contribution in [1.82, 2.24) is 10.3 Å². The summed E-state index contributed by atoms with van der Waals surface area (Å²) in [7, 11) is 1.58. The number of carbonyl (C=O) groups is 1. The molecule has 0 aromatic carbocycles. The van der Waals surface area contributed by atoms with Gasteiger partial charge in [0, 0.05) is 24.7 Å². The summed E-state index contributed by atoms with van der Waals surface area (Å²) in [4.78, 5) is 15.9. The van der Waals surface area contributed by atoms with Gasteiger partial charge in [0.25, 0.3) is 0 Å². The summed E-state index contributed by atoms with van der Waals surface area (Å²) in [5.74, 6) is 1.16. The minimum Gasteiger partial charge on any atom is -0.481 e. The molecule has 3 N–H and O–H groups in total. The van der Waals surface area contributed by atoms with E-state index < -0.39 is 0 Å². The smallest absolute Gasteiger partial charge is 0.220 e. The maximum absolute atomic E-state index is 11.8. The lowest BCUT2D eigenvalue weighted by atomic mass is 9.96. The van der Waals surface area contributed by atoms with Crippen LogP contribution in [0.25, 0.3) is 0 Å². The average Bonchev–Trinajstić information content (AvgIpc) is 2.49. The van der Waals surface area contributed by atoms with Crippen LogP contribution in [0.15, 0.2) is 18.3 Å². The highest BCUT2D eigenvalue weighted by Crippen LogP contribution is 2.15. The maximum atomic E-state index is 11.8. The Morgan fingerprint density at radius 3 is 2.95 bits per heavy atom. The van der Waals surface area contributed by atoms with Crippen LogP contribution in [-0.2, 0) is 11.3 Å². The lowest BCUT2D eigenvalue weighted by Crippen LogP contribution is -2.23. The number of nitrogens with two attached hydrogens (primary N) is 1. The molecule has 5 heteroatoms. The number of nitrogens with zero attached hydrogens (tertiary/aromatic N) is 1. The van der Waals surface area contributed by atoms with Crippen LogP contribution >= 0.6 is 0 Å². The third-order valence-electron chi connectivity index (χ3n) is 3.45. The van der Waals surface area contributed by atoms with Crippen LogP contribution in [0.2, 0.25) is 0 Å².